The van der Waals surface area contributed by atoms with Crippen molar-refractivity contribution in [2.75, 3.05) is 32.9 Å². The van der Waals surface area contributed by atoms with Gasteiger partial charge in [-0.05, 0) is 23.8 Å². The van der Waals surface area contributed by atoms with Crippen molar-refractivity contribution in [3.05, 3.63) is 33.8 Å². The van der Waals surface area contributed by atoms with E-state index in [4.69, 9.17) is 0 Å². The molecule has 1 aromatic carbocycles. The molecule has 128 valence electrons. The molecule has 0 spiro atoms. The zero-order valence-electron chi connectivity index (χ0n) is 11.5. The Morgan fingerprint density at radius 3 is 2.23 bits per heavy atom. The SMILES string of the molecule is Cl.Cl.FC[C@@H](c1cc(Br)cc(C(F)(F)F)c1)N1CCNCC1. The molecule has 22 heavy (non-hydrogen) atoms. The molecule has 1 heterocycles. The molecular formula is C13H17BrCl2F4N2. The standard InChI is InChI=1S/C13H15BrF4N2.2ClH/c14-11-6-9(5-10(7-11)13(16,17)18)12(8-15)20-3-1-19-2-4-20;;/h5-7,12,19H,1-4,8H2;2*1H/t12-;;/m0../s1. The highest BCUT2D eigenvalue weighted by Crippen LogP contribution is 2.34. The van der Waals surface area contributed by atoms with Gasteiger partial charge in [0.25, 0.3) is 0 Å². The van der Waals surface area contributed by atoms with Crippen LogP contribution >= 0.6 is 40.7 Å². The number of alkyl halides is 4. The summed E-state index contributed by atoms with van der Waals surface area (Å²) in [6.07, 6.45) is -4.43. The van der Waals surface area contributed by atoms with Gasteiger partial charge in [-0.2, -0.15) is 13.2 Å². The molecule has 1 atom stereocenters. The van der Waals surface area contributed by atoms with E-state index < -0.39 is 24.5 Å². The maximum Gasteiger partial charge on any atom is 0.416 e. The van der Waals surface area contributed by atoms with Crippen LogP contribution in [0.4, 0.5) is 17.6 Å². The first-order valence-corrected chi connectivity index (χ1v) is 7.09. The van der Waals surface area contributed by atoms with Gasteiger partial charge in [-0.15, -0.1) is 24.8 Å². The van der Waals surface area contributed by atoms with E-state index in [0.29, 0.717) is 23.1 Å². The molecule has 2 nitrogen and oxygen atoms in total. The van der Waals surface area contributed by atoms with Gasteiger partial charge in [0.1, 0.15) is 6.67 Å². The summed E-state index contributed by atoms with van der Waals surface area (Å²) < 4.78 is 52.1. The zero-order valence-corrected chi connectivity index (χ0v) is 14.7. The second kappa shape index (κ2) is 9.27. The van der Waals surface area contributed by atoms with Gasteiger partial charge >= 0.3 is 6.18 Å². The molecule has 0 amide bonds. The molecule has 1 N–H and O–H groups in total. The normalized spacial score (nSPS) is 17.3. The average molecular weight is 428 g/mol. The first kappa shape index (κ1) is 21.9. The Balaban J connectivity index is 0.00000220. The first-order chi connectivity index (χ1) is 9.41. The van der Waals surface area contributed by atoms with Gasteiger partial charge in [0.2, 0.25) is 0 Å². The fourth-order valence-electron chi connectivity index (χ4n) is 2.36. The third-order valence-electron chi connectivity index (χ3n) is 3.37. The summed E-state index contributed by atoms with van der Waals surface area (Å²) in [7, 11) is 0. The fraction of sp³-hybridized carbons (Fsp3) is 0.538. The minimum Gasteiger partial charge on any atom is -0.314 e. The highest BCUT2D eigenvalue weighted by molar-refractivity contribution is 9.10. The van der Waals surface area contributed by atoms with E-state index >= 15 is 0 Å². The number of hydrogen-bond donors (Lipinski definition) is 1. The highest BCUT2D eigenvalue weighted by Gasteiger charge is 2.32. The maximum absolute atomic E-state index is 13.3. The predicted octanol–water partition coefficient (Wildman–Crippen LogP) is 4.23. The molecular weight excluding hydrogens is 411 g/mol. The molecule has 1 aliphatic rings. The summed E-state index contributed by atoms with van der Waals surface area (Å²) in [5.41, 5.74) is -0.397. The molecule has 1 fully saturated rings. The second-order valence-corrected chi connectivity index (χ2v) is 5.64. The van der Waals surface area contributed by atoms with Crippen LogP contribution < -0.4 is 5.32 Å². The summed E-state index contributed by atoms with van der Waals surface area (Å²) in [6.45, 7) is 1.99. The lowest BCUT2D eigenvalue weighted by molar-refractivity contribution is -0.137. The number of rotatable bonds is 3. The molecule has 1 aliphatic heterocycles. The van der Waals surface area contributed by atoms with Crippen LogP contribution in [0.15, 0.2) is 22.7 Å². The van der Waals surface area contributed by atoms with Crippen LogP contribution in [-0.2, 0) is 6.18 Å². The van der Waals surface area contributed by atoms with Gasteiger partial charge in [-0.1, -0.05) is 15.9 Å². The molecule has 0 aliphatic carbocycles. The third-order valence-corrected chi connectivity index (χ3v) is 3.83. The van der Waals surface area contributed by atoms with Crippen LogP contribution in [0.3, 0.4) is 0 Å². The van der Waals surface area contributed by atoms with Crippen molar-refractivity contribution >= 4 is 40.7 Å². The molecule has 9 heteroatoms. The number of hydrogen-bond acceptors (Lipinski definition) is 2. The minimum absolute atomic E-state index is 0. The lowest BCUT2D eigenvalue weighted by Gasteiger charge is -2.34. The number of benzene rings is 1. The Morgan fingerprint density at radius 2 is 1.73 bits per heavy atom. The number of nitrogens with zero attached hydrogens (tertiary/aromatic N) is 1. The Bertz CT molecular complexity index is 468. The van der Waals surface area contributed by atoms with Gasteiger partial charge < -0.3 is 5.32 Å². The van der Waals surface area contributed by atoms with Gasteiger partial charge in [-0.3, -0.25) is 4.90 Å². The average Bonchev–Trinajstić information content (AvgIpc) is 2.39. The summed E-state index contributed by atoms with van der Waals surface area (Å²) in [4.78, 5) is 1.87. The highest BCUT2D eigenvalue weighted by atomic mass is 79.9. The van der Waals surface area contributed by atoms with Gasteiger partial charge in [-0.25, -0.2) is 4.39 Å². The minimum atomic E-state index is -4.43. The zero-order chi connectivity index (χ0) is 14.8. The van der Waals surface area contributed by atoms with E-state index in [1.165, 1.54) is 0 Å². The second-order valence-electron chi connectivity index (χ2n) is 4.73. The van der Waals surface area contributed by atoms with Crippen LogP contribution in [0.5, 0.6) is 0 Å². The van der Waals surface area contributed by atoms with Gasteiger partial charge in [0.15, 0.2) is 0 Å². The van der Waals surface area contributed by atoms with E-state index in [1.807, 2.05) is 4.90 Å². The summed E-state index contributed by atoms with van der Waals surface area (Å²) in [5.74, 6) is 0. The van der Waals surface area contributed by atoms with Crippen molar-refractivity contribution in [3.8, 4) is 0 Å². The number of halogens is 7. The van der Waals surface area contributed by atoms with Crippen molar-refractivity contribution in [3.63, 3.8) is 0 Å². The van der Waals surface area contributed by atoms with Crippen molar-refractivity contribution in [1.29, 1.82) is 0 Å². The smallest absolute Gasteiger partial charge is 0.314 e. The van der Waals surface area contributed by atoms with Crippen LogP contribution in [0, 0.1) is 0 Å². The Labute approximate surface area is 147 Å². The van der Waals surface area contributed by atoms with Crippen LogP contribution in [0.1, 0.15) is 17.2 Å². The molecule has 0 saturated carbocycles. The van der Waals surface area contributed by atoms with E-state index in [-0.39, 0.29) is 24.8 Å². The van der Waals surface area contributed by atoms with Crippen LogP contribution in [0.2, 0.25) is 0 Å². The summed E-state index contributed by atoms with van der Waals surface area (Å²) in [6, 6.07) is 2.98. The molecule has 0 bridgehead atoms. The molecule has 1 saturated heterocycles. The van der Waals surface area contributed by atoms with E-state index in [0.717, 1.165) is 25.2 Å². The molecule has 1 aromatic rings. The van der Waals surface area contributed by atoms with E-state index in [9.17, 15) is 17.6 Å². The third kappa shape index (κ3) is 5.53. The molecule has 0 aromatic heterocycles. The molecule has 0 unspecified atom stereocenters. The van der Waals surface area contributed by atoms with Crippen molar-refractivity contribution in [2.45, 2.75) is 12.2 Å². The molecule has 2 rings (SSSR count). The van der Waals surface area contributed by atoms with Crippen molar-refractivity contribution in [1.82, 2.24) is 10.2 Å². The predicted molar refractivity (Wildman–Crippen MR) is 86.8 cm³/mol. The van der Waals surface area contributed by atoms with Crippen molar-refractivity contribution in [2.24, 2.45) is 0 Å². The quantitative estimate of drug-likeness (QED) is 0.726. The fourth-order valence-corrected chi connectivity index (χ4v) is 2.87. The summed E-state index contributed by atoms with van der Waals surface area (Å²) in [5, 5.41) is 3.14. The van der Waals surface area contributed by atoms with Crippen LogP contribution in [-0.4, -0.2) is 37.8 Å². The lowest BCUT2D eigenvalue weighted by atomic mass is 10.0. The van der Waals surface area contributed by atoms with Crippen molar-refractivity contribution < 1.29 is 17.6 Å². The number of nitrogens with one attached hydrogen (secondary N) is 1. The van der Waals surface area contributed by atoms with E-state index in [2.05, 4.69) is 21.2 Å². The van der Waals surface area contributed by atoms with Gasteiger partial charge in [0, 0.05) is 30.7 Å². The Kier molecular flexibility index (Phi) is 9.24. The topological polar surface area (TPSA) is 15.3 Å². The largest absolute Gasteiger partial charge is 0.416 e. The van der Waals surface area contributed by atoms with E-state index in [1.54, 1.807) is 6.07 Å². The Morgan fingerprint density at radius 1 is 1.14 bits per heavy atom. The first-order valence-electron chi connectivity index (χ1n) is 6.30. The number of piperazine rings is 1. The van der Waals surface area contributed by atoms with Crippen LogP contribution in [0.25, 0.3) is 0 Å². The Hall–Kier alpha value is -0.0800. The monoisotopic (exact) mass is 426 g/mol. The maximum atomic E-state index is 13.3. The molecule has 0 radical (unpaired) electrons. The lowest BCUT2D eigenvalue weighted by Crippen LogP contribution is -2.45. The summed E-state index contributed by atoms with van der Waals surface area (Å²) >= 11 is 3.07. The van der Waals surface area contributed by atoms with Gasteiger partial charge in [0.05, 0.1) is 11.6 Å².